The minimum absolute atomic E-state index is 0.0911. The average Bonchev–Trinajstić information content (AvgIpc) is 3.18. The third-order valence-electron chi connectivity index (χ3n) is 8.03. The van der Waals surface area contributed by atoms with Crippen molar-refractivity contribution in [3.05, 3.63) is 168 Å². The van der Waals surface area contributed by atoms with E-state index in [-0.39, 0.29) is 11.6 Å². The van der Waals surface area contributed by atoms with Gasteiger partial charge in [0, 0.05) is 22.2 Å². The minimum Gasteiger partial charge on any atom is -0.497 e. The molecule has 1 unspecified atom stereocenters. The molecule has 0 aromatic heterocycles. The number of fused-ring (bicyclic) bond motifs is 1. The van der Waals surface area contributed by atoms with Gasteiger partial charge in [0.1, 0.15) is 22.4 Å². The molecule has 51 heavy (non-hydrogen) atoms. The number of ether oxygens (including phenoxy) is 2. The van der Waals surface area contributed by atoms with Crippen LogP contribution in [0.2, 0.25) is 0 Å². The minimum atomic E-state index is -0.595. The molecule has 0 radical (unpaired) electrons. The highest BCUT2D eigenvalue weighted by Crippen LogP contribution is 2.38. The van der Waals surface area contributed by atoms with E-state index >= 15 is 0 Å². The lowest BCUT2D eigenvalue weighted by Crippen LogP contribution is -2.30. The summed E-state index contributed by atoms with van der Waals surface area (Å²) >= 11 is 1.37. The fourth-order valence-electron chi connectivity index (χ4n) is 5.43. The van der Waals surface area contributed by atoms with E-state index in [1.807, 2.05) is 91.0 Å². The molecule has 0 saturated carbocycles. The fourth-order valence-corrected chi connectivity index (χ4v) is 6.45. The number of amides is 3. The Kier molecular flexibility index (Phi) is 11.1. The van der Waals surface area contributed by atoms with Crippen LogP contribution in [0.4, 0.5) is 11.4 Å². The SMILES string of the molecule is COc1ccc(NC(=O)C(Sc2ccc(NC(=O)/C(=C/c3cccc4ccccc34)NC(=O)c3ccccc3)cc2)c2ccccc2)c(OC)c1. The van der Waals surface area contributed by atoms with E-state index in [0.29, 0.717) is 28.4 Å². The van der Waals surface area contributed by atoms with Crippen LogP contribution in [0.5, 0.6) is 11.5 Å². The Morgan fingerprint density at radius 1 is 0.686 bits per heavy atom. The van der Waals surface area contributed by atoms with Crippen molar-refractivity contribution < 1.29 is 23.9 Å². The van der Waals surface area contributed by atoms with E-state index in [1.54, 1.807) is 67.8 Å². The largest absolute Gasteiger partial charge is 0.497 e. The van der Waals surface area contributed by atoms with Crippen LogP contribution >= 0.6 is 11.8 Å². The third kappa shape index (κ3) is 8.65. The Morgan fingerprint density at radius 3 is 2.10 bits per heavy atom. The molecule has 6 rings (SSSR count). The summed E-state index contributed by atoms with van der Waals surface area (Å²) in [6.45, 7) is 0. The molecule has 0 fully saturated rings. The Balaban J connectivity index is 1.22. The van der Waals surface area contributed by atoms with E-state index in [4.69, 9.17) is 9.47 Å². The first kappa shape index (κ1) is 34.5. The second-order valence-corrected chi connectivity index (χ2v) is 12.6. The van der Waals surface area contributed by atoms with Gasteiger partial charge in [0.15, 0.2) is 0 Å². The summed E-state index contributed by atoms with van der Waals surface area (Å²) in [6, 6.07) is 44.3. The zero-order valence-corrected chi connectivity index (χ0v) is 28.8. The highest BCUT2D eigenvalue weighted by atomic mass is 32.2. The molecular formula is C42H35N3O5S. The van der Waals surface area contributed by atoms with Crippen LogP contribution in [0, 0.1) is 0 Å². The number of carbonyl (C=O) groups is 3. The van der Waals surface area contributed by atoms with E-state index in [1.165, 1.54) is 18.9 Å². The average molecular weight is 694 g/mol. The number of methoxy groups -OCH3 is 2. The van der Waals surface area contributed by atoms with E-state index in [9.17, 15) is 14.4 Å². The standard InChI is InChI=1S/C42H35N3O5S/c1-49-33-22-25-36(38(27-33)50-2)44-42(48)39(29-13-5-3-6-14-29)51-34-23-20-32(21-24-34)43-41(47)37(45-40(46)30-15-7-4-8-16-30)26-31-18-11-17-28-12-9-10-19-35(28)31/h3-27,39H,1-2H3,(H,43,47)(H,44,48)(H,45,46)/b37-26-. The molecule has 0 aliphatic rings. The van der Waals surface area contributed by atoms with Crippen LogP contribution in [0.15, 0.2) is 156 Å². The zero-order valence-electron chi connectivity index (χ0n) is 28.0. The van der Waals surface area contributed by atoms with Gasteiger partial charge in [0.25, 0.3) is 11.8 Å². The molecule has 0 heterocycles. The summed E-state index contributed by atoms with van der Waals surface area (Å²) in [5, 5.41) is 10.1. The van der Waals surface area contributed by atoms with Crippen molar-refractivity contribution in [1.82, 2.24) is 5.32 Å². The lowest BCUT2D eigenvalue weighted by Gasteiger charge is -2.19. The van der Waals surface area contributed by atoms with Gasteiger partial charge in [-0.2, -0.15) is 0 Å². The van der Waals surface area contributed by atoms with E-state index < -0.39 is 17.1 Å². The van der Waals surface area contributed by atoms with E-state index in [2.05, 4.69) is 16.0 Å². The molecular weight excluding hydrogens is 659 g/mol. The summed E-state index contributed by atoms with van der Waals surface area (Å²) < 4.78 is 10.8. The molecule has 9 heteroatoms. The third-order valence-corrected chi connectivity index (χ3v) is 9.29. The van der Waals surface area contributed by atoms with Crippen molar-refractivity contribution in [1.29, 1.82) is 0 Å². The van der Waals surface area contributed by atoms with Crippen LogP contribution in [0.3, 0.4) is 0 Å². The lowest BCUT2D eigenvalue weighted by molar-refractivity contribution is -0.116. The monoisotopic (exact) mass is 693 g/mol. The number of hydrogen-bond acceptors (Lipinski definition) is 6. The van der Waals surface area contributed by atoms with Crippen LogP contribution in [0.1, 0.15) is 26.7 Å². The first-order valence-corrected chi connectivity index (χ1v) is 17.0. The number of nitrogens with one attached hydrogen (secondary N) is 3. The second kappa shape index (κ2) is 16.4. The molecule has 0 saturated heterocycles. The maximum Gasteiger partial charge on any atom is 0.272 e. The summed E-state index contributed by atoms with van der Waals surface area (Å²) in [5.74, 6) is -0.0253. The van der Waals surface area contributed by atoms with Crippen LogP contribution in [0.25, 0.3) is 16.8 Å². The normalized spacial score (nSPS) is 11.7. The molecule has 254 valence electrons. The van der Waals surface area contributed by atoms with Gasteiger partial charge in [0.05, 0.1) is 19.9 Å². The van der Waals surface area contributed by atoms with Crippen LogP contribution < -0.4 is 25.4 Å². The Labute approximate surface area is 300 Å². The summed E-state index contributed by atoms with van der Waals surface area (Å²) in [7, 11) is 3.10. The second-order valence-electron chi connectivity index (χ2n) is 11.4. The molecule has 6 aromatic rings. The molecule has 3 N–H and O–H groups in total. The number of anilines is 2. The van der Waals surface area contributed by atoms with Crippen molar-refractivity contribution in [3.8, 4) is 11.5 Å². The van der Waals surface area contributed by atoms with E-state index in [0.717, 1.165) is 26.8 Å². The quantitative estimate of drug-likeness (QED) is 0.0875. The highest BCUT2D eigenvalue weighted by molar-refractivity contribution is 8.00. The molecule has 6 aromatic carbocycles. The van der Waals surface area contributed by atoms with Gasteiger partial charge in [-0.1, -0.05) is 91.0 Å². The van der Waals surface area contributed by atoms with Gasteiger partial charge in [0.2, 0.25) is 5.91 Å². The van der Waals surface area contributed by atoms with Gasteiger partial charge in [-0.25, -0.2) is 0 Å². The van der Waals surface area contributed by atoms with Crippen molar-refractivity contribution in [2.45, 2.75) is 10.1 Å². The molecule has 8 nitrogen and oxygen atoms in total. The summed E-state index contributed by atoms with van der Waals surface area (Å²) in [5.41, 5.74) is 3.17. The maximum absolute atomic E-state index is 13.8. The smallest absolute Gasteiger partial charge is 0.272 e. The zero-order chi connectivity index (χ0) is 35.6. The van der Waals surface area contributed by atoms with Crippen molar-refractivity contribution in [2.75, 3.05) is 24.9 Å². The molecule has 0 aliphatic heterocycles. The summed E-state index contributed by atoms with van der Waals surface area (Å²) in [6.07, 6.45) is 1.68. The topological polar surface area (TPSA) is 106 Å². The fraction of sp³-hybridized carbons (Fsp3) is 0.0714. The molecule has 3 amide bonds. The van der Waals surface area contributed by atoms with Gasteiger partial charge in [-0.15, -0.1) is 11.8 Å². The van der Waals surface area contributed by atoms with Crippen molar-refractivity contribution in [2.24, 2.45) is 0 Å². The number of benzene rings is 6. The number of thioether (sulfide) groups is 1. The van der Waals surface area contributed by atoms with Crippen molar-refractivity contribution >= 4 is 57.7 Å². The molecule has 0 spiro atoms. The Bertz CT molecular complexity index is 2180. The Hall–Kier alpha value is -6.32. The number of rotatable bonds is 12. The van der Waals surface area contributed by atoms with Crippen LogP contribution in [-0.2, 0) is 9.59 Å². The van der Waals surface area contributed by atoms with Crippen LogP contribution in [-0.4, -0.2) is 31.9 Å². The predicted octanol–water partition coefficient (Wildman–Crippen LogP) is 8.74. The molecule has 0 aliphatic carbocycles. The number of hydrogen-bond donors (Lipinski definition) is 3. The molecule has 1 atom stereocenters. The van der Waals surface area contributed by atoms with Gasteiger partial charge in [-0.05, 0) is 76.5 Å². The first-order chi connectivity index (χ1) is 24.9. The number of carbonyl (C=O) groups excluding carboxylic acids is 3. The van der Waals surface area contributed by atoms with Gasteiger partial charge < -0.3 is 25.4 Å². The first-order valence-electron chi connectivity index (χ1n) is 16.1. The lowest BCUT2D eigenvalue weighted by atomic mass is 10.0. The predicted molar refractivity (Wildman–Crippen MR) is 204 cm³/mol. The highest BCUT2D eigenvalue weighted by Gasteiger charge is 2.24. The van der Waals surface area contributed by atoms with Gasteiger partial charge in [-0.3, -0.25) is 14.4 Å². The van der Waals surface area contributed by atoms with Crippen molar-refractivity contribution in [3.63, 3.8) is 0 Å². The Morgan fingerprint density at radius 2 is 1.37 bits per heavy atom. The maximum atomic E-state index is 13.8. The summed E-state index contributed by atoms with van der Waals surface area (Å²) in [4.78, 5) is 41.5. The molecule has 0 bridgehead atoms. The van der Waals surface area contributed by atoms with Gasteiger partial charge >= 0.3 is 0 Å².